The number of nitrogens with two attached hydrogens (primary N) is 1. The third-order valence-corrected chi connectivity index (χ3v) is 5.22. The molecule has 3 rings (SSSR count). The first-order valence-electron chi connectivity index (χ1n) is 8.70. The number of Topliss-reactive ketones (excluding diaryl/α,β-unsaturated/α-hetero) is 1. The first-order valence-corrected chi connectivity index (χ1v) is 9.49. The molecule has 2 aliphatic rings. The Kier molecular flexibility index (Phi) is 5.16. The number of allylic oxidation sites excluding steroid dienone is 2. The van der Waals surface area contributed by atoms with Gasteiger partial charge in [0.2, 0.25) is 5.88 Å². The average Bonchev–Trinajstić information content (AvgIpc) is 2.52. The van der Waals surface area contributed by atoms with Gasteiger partial charge in [0.15, 0.2) is 5.78 Å². The van der Waals surface area contributed by atoms with Crippen LogP contribution in [0, 0.1) is 11.2 Å². The van der Waals surface area contributed by atoms with E-state index in [1.807, 2.05) is 13.8 Å². The van der Waals surface area contributed by atoms with Crippen LogP contribution in [0.5, 0.6) is 0 Å². The number of hydrogen-bond acceptors (Lipinski definition) is 5. The first kappa shape index (κ1) is 19.6. The topological polar surface area (TPSA) is 78.6 Å². The molecule has 0 aromatic heterocycles. The van der Waals surface area contributed by atoms with Gasteiger partial charge in [-0.25, -0.2) is 9.18 Å². The van der Waals surface area contributed by atoms with Crippen LogP contribution in [0.2, 0.25) is 0 Å². The summed E-state index contributed by atoms with van der Waals surface area (Å²) in [5, 5.41) is 0. The highest BCUT2D eigenvalue weighted by Crippen LogP contribution is 2.48. The zero-order valence-corrected chi connectivity index (χ0v) is 17.0. The molecule has 1 aliphatic carbocycles. The smallest absolute Gasteiger partial charge is 0.340 e. The van der Waals surface area contributed by atoms with E-state index in [2.05, 4.69) is 15.9 Å². The monoisotopic (exact) mass is 437 g/mol. The van der Waals surface area contributed by atoms with Crippen molar-refractivity contribution in [1.29, 1.82) is 0 Å². The summed E-state index contributed by atoms with van der Waals surface area (Å²) in [6, 6.07) is 4.49. The summed E-state index contributed by atoms with van der Waals surface area (Å²) in [7, 11) is 0. The van der Waals surface area contributed by atoms with Crippen molar-refractivity contribution in [3.63, 3.8) is 0 Å². The molecule has 27 heavy (non-hydrogen) atoms. The lowest BCUT2D eigenvalue weighted by atomic mass is 9.70. The molecule has 7 heteroatoms. The first-order chi connectivity index (χ1) is 12.6. The lowest BCUT2D eigenvalue weighted by molar-refractivity contribution is -0.139. The minimum absolute atomic E-state index is 0.0371. The summed E-state index contributed by atoms with van der Waals surface area (Å²) >= 11 is 3.22. The Labute approximate surface area is 165 Å². The summed E-state index contributed by atoms with van der Waals surface area (Å²) in [5.41, 5.74) is 6.17. The zero-order valence-electron chi connectivity index (χ0n) is 15.4. The molecule has 1 aromatic carbocycles. The molecule has 2 N–H and O–H groups in total. The van der Waals surface area contributed by atoms with Crippen molar-refractivity contribution >= 4 is 27.7 Å². The van der Waals surface area contributed by atoms with Gasteiger partial charge in [-0.05, 0) is 24.5 Å². The minimum Gasteiger partial charge on any atom is -0.462 e. The van der Waals surface area contributed by atoms with Crippen LogP contribution in [0.25, 0.3) is 0 Å². The normalized spacial score (nSPS) is 21.7. The molecule has 0 spiro atoms. The largest absolute Gasteiger partial charge is 0.462 e. The Morgan fingerprint density at radius 1 is 1.41 bits per heavy atom. The second-order valence-electron chi connectivity index (χ2n) is 7.48. The SMILES string of the molecule is CCOC(=O)C1=C(N)OC2=C(C(=O)CC(C)(C)C2)[C@H]1c1ccc(Br)cc1F. The van der Waals surface area contributed by atoms with E-state index in [0.717, 1.165) is 0 Å². The Balaban J connectivity index is 2.22. The van der Waals surface area contributed by atoms with Crippen molar-refractivity contribution in [2.24, 2.45) is 11.1 Å². The molecule has 0 amide bonds. The molecule has 144 valence electrons. The summed E-state index contributed by atoms with van der Waals surface area (Å²) in [6.07, 6.45) is 0.749. The van der Waals surface area contributed by atoms with Crippen molar-refractivity contribution in [3.05, 3.63) is 56.8 Å². The van der Waals surface area contributed by atoms with Crippen LogP contribution in [-0.2, 0) is 19.1 Å². The predicted octanol–water partition coefficient (Wildman–Crippen LogP) is 4.08. The van der Waals surface area contributed by atoms with Crippen LogP contribution in [0.4, 0.5) is 4.39 Å². The Morgan fingerprint density at radius 2 is 2.11 bits per heavy atom. The number of benzene rings is 1. The molecule has 0 unspecified atom stereocenters. The Morgan fingerprint density at radius 3 is 2.74 bits per heavy atom. The average molecular weight is 438 g/mol. The second kappa shape index (κ2) is 7.11. The van der Waals surface area contributed by atoms with Crippen molar-refractivity contribution in [1.82, 2.24) is 0 Å². The lowest BCUT2D eigenvalue weighted by Gasteiger charge is -2.38. The zero-order chi connectivity index (χ0) is 19.9. The van der Waals surface area contributed by atoms with E-state index in [9.17, 15) is 14.0 Å². The quantitative estimate of drug-likeness (QED) is 0.720. The van der Waals surface area contributed by atoms with Crippen LogP contribution < -0.4 is 5.73 Å². The number of halogens is 2. The molecule has 0 bridgehead atoms. The van der Waals surface area contributed by atoms with Gasteiger partial charge in [0.25, 0.3) is 0 Å². The molecule has 1 heterocycles. The summed E-state index contributed by atoms with van der Waals surface area (Å²) in [6.45, 7) is 5.69. The van der Waals surface area contributed by atoms with Crippen molar-refractivity contribution in [3.8, 4) is 0 Å². The molecule has 1 aromatic rings. The molecular weight excluding hydrogens is 417 g/mol. The second-order valence-corrected chi connectivity index (χ2v) is 8.39. The van der Waals surface area contributed by atoms with Gasteiger partial charge in [0.05, 0.1) is 12.5 Å². The third kappa shape index (κ3) is 3.65. The van der Waals surface area contributed by atoms with Crippen molar-refractivity contribution in [2.45, 2.75) is 39.5 Å². The van der Waals surface area contributed by atoms with Gasteiger partial charge in [0, 0.05) is 28.5 Å². The maximum Gasteiger partial charge on any atom is 0.340 e. The summed E-state index contributed by atoms with van der Waals surface area (Å²) < 4.78 is 26.1. The van der Waals surface area contributed by atoms with Gasteiger partial charge >= 0.3 is 5.97 Å². The van der Waals surface area contributed by atoms with Gasteiger partial charge in [-0.2, -0.15) is 0 Å². The number of esters is 1. The molecule has 1 aliphatic heterocycles. The molecular formula is C20H21BrFNO4. The third-order valence-electron chi connectivity index (χ3n) is 4.72. The van der Waals surface area contributed by atoms with Gasteiger partial charge in [0.1, 0.15) is 17.1 Å². The Hall–Kier alpha value is -2.15. The standard InChI is InChI=1S/C20H21BrFNO4/c1-4-26-19(25)17-15(11-6-5-10(21)7-12(11)22)16-13(24)8-20(2,3)9-14(16)27-18(17)23/h5-7,15H,4,8-9,23H2,1-3H3/t15-/m1/s1. The maximum atomic E-state index is 14.8. The van der Waals surface area contributed by atoms with E-state index in [0.29, 0.717) is 16.7 Å². The van der Waals surface area contributed by atoms with Crippen LogP contribution in [0.15, 0.2) is 45.5 Å². The highest BCUT2D eigenvalue weighted by Gasteiger charge is 2.45. The Bertz CT molecular complexity index is 888. The van der Waals surface area contributed by atoms with E-state index in [-0.39, 0.29) is 46.8 Å². The van der Waals surface area contributed by atoms with Crippen LogP contribution in [0.3, 0.4) is 0 Å². The van der Waals surface area contributed by atoms with Crippen molar-refractivity contribution < 1.29 is 23.5 Å². The summed E-state index contributed by atoms with van der Waals surface area (Å²) in [5.74, 6) is -2.15. The highest BCUT2D eigenvalue weighted by molar-refractivity contribution is 9.10. The van der Waals surface area contributed by atoms with E-state index in [1.54, 1.807) is 19.1 Å². The number of ether oxygens (including phenoxy) is 2. The number of carbonyl (C=O) groups excluding carboxylic acids is 2. The van der Waals surface area contributed by atoms with E-state index >= 15 is 0 Å². The van der Waals surface area contributed by atoms with Crippen LogP contribution >= 0.6 is 15.9 Å². The molecule has 1 atom stereocenters. The molecule has 0 fully saturated rings. The molecule has 0 saturated carbocycles. The van der Waals surface area contributed by atoms with E-state index in [4.69, 9.17) is 15.2 Å². The molecule has 0 saturated heterocycles. The maximum absolute atomic E-state index is 14.8. The summed E-state index contributed by atoms with van der Waals surface area (Å²) in [4.78, 5) is 25.5. The number of carbonyl (C=O) groups is 2. The van der Waals surface area contributed by atoms with Crippen LogP contribution in [-0.4, -0.2) is 18.4 Å². The van der Waals surface area contributed by atoms with Gasteiger partial charge in [-0.3, -0.25) is 4.79 Å². The number of ketones is 1. The van der Waals surface area contributed by atoms with E-state index in [1.165, 1.54) is 6.07 Å². The number of rotatable bonds is 3. The lowest BCUT2D eigenvalue weighted by Crippen LogP contribution is -2.36. The fourth-order valence-corrected chi connectivity index (χ4v) is 3.97. The van der Waals surface area contributed by atoms with E-state index < -0.39 is 17.7 Å². The molecule has 0 radical (unpaired) electrons. The highest BCUT2D eigenvalue weighted by atomic mass is 79.9. The minimum atomic E-state index is -0.954. The van der Waals surface area contributed by atoms with Crippen LogP contribution in [0.1, 0.15) is 45.1 Å². The molecule has 5 nitrogen and oxygen atoms in total. The fraction of sp³-hybridized carbons (Fsp3) is 0.400. The van der Waals surface area contributed by atoms with Gasteiger partial charge in [-0.15, -0.1) is 0 Å². The predicted molar refractivity (Wildman–Crippen MR) is 101 cm³/mol. The fourth-order valence-electron chi connectivity index (χ4n) is 3.64. The van der Waals surface area contributed by atoms with Crippen molar-refractivity contribution in [2.75, 3.05) is 6.61 Å². The van der Waals surface area contributed by atoms with Gasteiger partial charge in [-0.1, -0.05) is 35.8 Å². The van der Waals surface area contributed by atoms with Gasteiger partial charge < -0.3 is 15.2 Å². The number of hydrogen-bond donors (Lipinski definition) is 1.